The molecule has 0 aliphatic carbocycles. The van der Waals surface area contributed by atoms with Gasteiger partial charge in [-0.1, -0.05) is 0 Å². The molecule has 0 saturated carbocycles. The van der Waals surface area contributed by atoms with E-state index in [2.05, 4.69) is 40.4 Å². The molecule has 0 atom stereocenters. The topological polar surface area (TPSA) is 0 Å². The second kappa shape index (κ2) is 4.42. The van der Waals surface area contributed by atoms with Crippen molar-refractivity contribution >= 4 is 26.3 Å². The molecule has 0 nitrogen and oxygen atoms in total. The summed E-state index contributed by atoms with van der Waals surface area (Å²) in [4.78, 5) is 0. The third-order valence-electron chi connectivity index (χ3n) is 2.93. The van der Waals surface area contributed by atoms with Crippen molar-refractivity contribution in [1.82, 2.24) is 0 Å². The molecule has 0 radical (unpaired) electrons. The first-order valence-corrected chi connectivity index (χ1v) is 12.0. The van der Waals surface area contributed by atoms with Crippen LogP contribution in [0.4, 0.5) is 0 Å². The second-order valence-corrected chi connectivity index (χ2v) is 17.4. The van der Waals surface area contributed by atoms with Crippen LogP contribution in [0.15, 0.2) is 22.8 Å². The monoisotopic (exact) mass is 272 g/mol. The summed E-state index contributed by atoms with van der Waals surface area (Å²) in [5.74, 6) is 0. The van der Waals surface area contributed by atoms with Gasteiger partial charge < -0.3 is 0 Å². The van der Waals surface area contributed by atoms with Crippen molar-refractivity contribution in [3.8, 4) is 0 Å². The van der Waals surface area contributed by atoms with Gasteiger partial charge in [-0.15, -0.1) is 0 Å². The molecule has 1 heterocycles. The fourth-order valence-electron chi connectivity index (χ4n) is 2.56. The van der Waals surface area contributed by atoms with Crippen molar-refractivity contribution in [2.45, 2.75) is 46.6 Å². The van der Waals surface area contributed by atoms with Gasteiger partial charge in [-0.3, -0.25) is 0 Å². The summed E-state index contributed by atoms with van der Waals surface area (Å²) in [5, 5.41) is 1.73. The number of hydrogen-bond donors (Lipinski definition) is 0. The Morgan fingerprint density at radius 2 is 2.00 bits per heavy atom. The van der Waals surface area contributed by atoms with Gasteiger partial charge in [0.05, 0.1) is 0 Å². The Morgan fingerprint density at radius 1 is 1.43 bits per heavy atom. The zero-order valence-electron chi connectivity index (χ0n) is 10.1. The Kier molecular flexibility index (Phi) is 3.90. The minimum atomic E-state index is -1.06. The van der Waals surface area contributed by atoms with Crippen molar-refractivity contribution in [1.29, 1.82) is 0 Å². The maximum atomic E-state index is 4.19. The molecule has 0 aromatic rings. The quantitative estimate of drug-likeness (QED) is 0.691. The second-order valence-electron chi connectivity index (χ2n) is 4.56. The summed E-state index contributed by atoms with van der Waals surface area (Å²) in [5.41, 5.74) is 4.05. The molecule has 0 bridgehead atoms. The normalized spacial score (nSPS) is 20.5. The van der Waals surface area contributed by atoms with E-state index in [9.17, 15) is 0 Å². The fourth-order valence-corrected chi connectivity index (χ4v) is 15.8. The Hall–Kier alpha value is 0.281. The Balaban J connectivity index is 3.16. The molecule has 1 rings (SSSR count). The van der Waals surface area contributed by atoms with Crippen LogP contribution in [0.2, 0.25) is 19.4 Å². The van der Waals surface area contributed by atoms with Crippen molar-refractivity contribution in [2.24, 2.45) is 0 Å². The number of rotatable bonds is 3. The number of allylic oxidation sites excluding steroid dienone is 3. The molecule has 3 heteroatoms. The van der Waals surface area contributed by atoms with E-state index < -0.39 is 6.68 Å². The molecular formula is C11H21BSeSi. The Bertz CT molecular complexity index is 281. The van der Waals surface area contributed by atoms with Crippen molar-refractivity contribution < 1.29 is 0 Å². The molecule has 0 aromatic carbocycles. The molecule has 0 spiro atoms. The van der Waals surface area contributed by atoms with Gasteiger partial charge in [-0.2, -0.15) is 0 Å². The van der Waals surface area contributed by atoms with E-state index in [1.165, 1.54) is 18.3 Å². The predicted molar refractivity (Wildman–Crippen MR) is 71.6 cm³/mol. The summed E-state index contributed by atoms with van der Waals surface area (Å²) in [7, 11) is 0. The zero-order chi connectivity index (χ0) is 10.9. The van der Waals surface area contributed by atoms with Crippen molar-refractivity contribution in [2.75, 3.05) is 0 Å². The van der Waals surface area contributed by atoms with E-state index in [-0.39, 0.29) is 0 Å². The summed E-state index contributed by atoms with van der Waals surface area (Å²) >= 11 is 0.862. The fraction of sp³-hybridized carbons (Fsp3) is 0.636. The molecule has 0 unspecified atom stereocenters. The molecule has 0 aromatic heterocycles. The summed E-state index contributed by atoms with van der Waals surface area (Å²) in [6.07, 6.45) is 2.59. The van der Waals surface area contributed by atoms with E-state index in [0.717, 1.165) is 19.7 Å². The van der Waals surface area contributed by atoms with Gasteiger partial charge in [-0.25, -0.2) is 0 Å². The summed E-state index contributed by atoms with van der Waals surface area (Å²) < 4.78 is 0. The van der Waals surface area contributed by atoms with Crippen molar-refractivity contribution in [3.63, 3.8) is 0 Å². The van der Waals surface area contributed by atoms with E-state index in [0.29, 0.717) is 0 Å². The van der Waals surface area contributed by atoms with Gasteiger partial charge in [0, 0.05) is 0 Å². The van der Waals surface area contributed by atoms with Crippen LogP contribution in [0.5, 0.6) is 0 Å². The van der Waals surface area contributed by atoms with Crippen LogP contribution < -0.4 is 0 Å². The van der Waals surface area contributed by atoms with Crippen LogP contribution in [0.3, 0.4) is 0 Å². The van der Waals surface area contributed by atoms with E-state index in [1.54, 1.807) is 10.7 Å². The Morgan fingerprint density at radius 3 is 2.36 bits per heavy atom. The average molecular weight is 271 g/mol. The molecule has 1 aliphatic rings. The van der Waals surface area contributed by atoms with Gasteiger partial charge >= 0.3 is 95.8 Å². The predicted octanol–water partition coefficient (Wildman–Crippen LogP) is 3.28. The molecule has 0 amide bonds. The van der Waals surface area contributed by atoms with Crippen LogP contribution >= 0.6 is 0 Å². The first kappa shape index (κ1) is 12.4. The SMILES string of the molecule is C=C(C)C1=C(CC)B(CC)[Se][Si]1(C)C. The molecule has 0 saturated heterocycles. The van der Waals surface area contributed by atoms with E-state index in [4.69, 9.17) is 0 Å². The zero-order valence-corrected chi connectivity index (χ0v) is 12.8. The van der Waals surface area contributed by atoms with E-state index >= 15 is 0 Å². The van der Waals surface area contributed by atoms with Gasteiger partial charge in [0.1, 0.15) is 0 Å². The van der Waals surface area contributed by atoms with Gasteiger partial charge in [0.25, 0.3) is 0 Å². The van der Waals surface area contributed by atoms with Crippen LogP contribution in [-0.4, -0.2) is 26.3 Å². The third-order valence-corrected chi connectivity index (χ3v) is 13.8. The summed E-state index contributed by atoms with van der Waals surface area (Å²) in [6.45, 7) is 15.0. The standard InChI is InChI=1S/C11H21BSeSi/c1-7-10-11(9(3)4)14(5,6)13-12(10)8-2/h3,7-8H2,1-2,4-6H3. The molecule has 0 fully saturated rings. The van der Waals surface area contributed by atoms with Crippen LogP contribution in [0, 0.1) is 0 Å². The first-order valence-electron chi connectivity index (χ1n) is 5.51. The molecule has 78 valence electrons. The van der Waals surface area contributed by atoms with Crippen molar-refractivity contribution in [3.05, 3.63) is 22.8 Å². The molecule has 1 aliphatic heterocycles. The number of hydrogen-bond acceptors (Lipinski definition) is 0. The summed E-state index contributed by atoms with van der Waals surface area (Å²) in [6, 6.07) is 0. The first-order chi connectivity index (χ1) is 6.44. The molecule has 14 heavy (non-hydrogen) atoms. The van der Waals surface area contributed by atoms with E-state index in [1.807, 2.05) is 0 Å². The molecule has 0 N–H and O–H groups in total. The van der Waals surface area contributed by atoms with Gasteiger partial charge in [0.15, 0.2) is 0 Å². The maximum absolute atomic E-state index is 4.19. The average Bonchev–Trinajstić information content (AvgIpc) is 2.35. The van der Waals surface area contributed by atoms with Crippen LogP contribution in [0.25, 0.3) is 0 Å². The third kappa shape index (κ3) is 2.10. The van der Waals surface area contributed by atoms with Crippen LogP contribution in [0.1, 0.15) is 27.2 Å². The van der Waals surface area contributed by atoms with Gasteiger partial charge in [-0.05, 0) is 0 Å². The van der Waals surface area contributed by atoms with Gasteiger partial charge in [0.2, 0.25) is 0 Å². The Labute approximate surface area is 95.8 Å². The molecular weight excluding hydrogens is 250 g/mol. The van der Waals surface area contributed by atoms with Crippen LogP contribution in [-0.2, 0) is 0 Å². The minimum absolute atomic E-state index is 0.862.